The molecule has 0 bridgehead atoms. The number of hydrogen-bond acceptors (Lipinski definition) is 4. The first-order chi connectivity index (χ1) is 11.8. The van der Waals surface area contributed by atoms with Gasteiger partial charge in [-0.2, -0.15) is 18.3 Å². The maximum absolute atomic E-state index is 13.2. The first-order valence-corrected chi connectivity index (χ1v) is 8.78. The molecule has 0 spiro atoms. The van der Waals surface area contributed by atoms with Gasteiger partial charge in [-0.05, 0) is 31.1 Å². The number of carbonyl (C=O) groups is 2. The molecule has 0 fully saturated rings. The number of halogens is 3. The summed E-state index contributed by atoms with van der Waals surface area (Å²) in [6.45, 7) is -0.318. The Kier molecular flexibility index (Phi) is 4.81. The van der Waals surface area contributed by atoms with E-state index in [9.17, 15) is 22.8 Å². The molecule has 2 unspecified atom stereocenters. The molecule has 2 atom stereocenters. The SMILES string of the molecule is NC(=O)C1C=CSC1NC(=O)Cn1nc(C(F)(F)F)c2c1CCCC2. The number of aromatic nitrogens is 2. The third-order valence-corrected chi connectivity index (χ3v) is 5.31. The van der Waals surface area contributed by atoms with Crippen LogP contribution < -0.4 is 11.1 Å². The summed E-state index contributed by atoms with van der Waals surface area (Å²) in [5, 5.41) is 7.40. The van der Waals surface area contributed by atoms with Crippen LogP contribution in [0.4, 0.5) is 13.2 Å². The van der Waals surface area contributed by atoms with Gasteiger partial charge in [0.1, 0.15) is 6.54 Å². The van der Waals surface area contributed by atoms with Crippen LogP contribution in [0.5, 0.6) is 0 Å². The van der Waals surface area contributed by atoms with Crippen LogP contribution in [0.3, 0.4) is 0 Å². The highest BCUT2D eigenvalue weighted by Gasteiger charge is 2.39. The number of alkyl halides is 3. The Bertz CT molecular complexity index is 729. The Morgan fingerprint density at radius 3 is 2.76 bits per heavy atom. The zero-order valence-electron chi connectivity index (χ0n) is 13.2. The molecule has 3 N–H and O–H groups in total. The molecule has 6 nitrogen and oxygen atoms in total. The maximum Gasteiger partial charge on any atom is 0.435 e. The molecule has 1 aromatic heterocycles. The smallest absolute Gasteiger partial charge is 0.369 e. The van der Waals surface area contributed by atoms with Gasteiger partial charge in [0.15, 0.2) is 5.69 Å². The summed E-state index contributed by atoms with van der Waals surface area (Å²) in [5.74, 6) is -1.70. The van der Waals surface area contributed by atoms with Crippen molar-refractivity contribution in [2.45, 2.75) is 43.8 Å². The van der Waals surface area contributed by atoms with Gasteiger partial charge in [0.05, 0.1) is 11.3 Å². The third-order valence-electron chi connectivity index (χ3n) is 4.29. The van der Waals surface area contributed by atoms with Crippen LogP contribution in [0.2, 0.25) is 0 Å². The summed E-state index contributed by atoms with van der Waals surface area (Å²) in [4.78, 5) is 23.6. The largest absolute Gasteiger partial charge is 0.435 e. The second-order valence-corrected chi connectivity index (χ2v) is 7.07. The van der Waals surface area contributed by atoms with E-state index in [0.717, 1.165) is 11.1 Å². The lowest BCUT2D eigenvalue weighted by Crippen LogP contribution is -2.42. The van der Waals surface area contributed by atoms with Crippen LogP contribution in [0.25, 0.3) is 0 Å². The van der Waals surface area contributed by atoms with E-state index >= 15 is 0 Å². The number of hydrogen-bond donors (Lipinski definition) is 2. The highest BCUT2D eigenvalue weighted by Crippen LogP contribution is 2.35. The van der Waals surface area contributed by atoms with Gasteiger partial charge in [0.2, 0.25) is 11.8 Å². The van der Waals surface area contributed by atoms with Gasteiger partial charge in [-0.3, -0.25) is 14.3 Å². The van der Waals surface area contributed by atoms with Crippen molar-refractivity contribution in [3.8, 4) is 0 Å². The Balaban J connectivity index is 1.76. The summed E-state index contributed by atoms with van der Waals surface area (Å²) in [6.07, 6.45) is -0.712. The van der Waals surface area contributed by atoms with Crippen molar-refractivity contribution >= 4 is 23.6 Å². The molecule has 1 aromatic rings. The van der Waals surface area contributed by atoms with E-state index in [0.29, 0.717) is 25.0 Å². The van der Waals surface area contributed by atoms with Crippen LogP contribution in [-0.2, 0) is 35.2 Å². The van der Waals surface area contributed by atoms with Gasteiger partial charge >= 0.3 is 6.18 Å². The first-order valence-electron chi connectivity index (χ1n) is 7.84. The van der Waals surface area contributed by atoms with Gasteiger partial charge in [-0.15, -0.1) is 11.8 Å². The molecule has 0 saturated heterocycles. The maximum atomic E-state index is 13.2. The molecular formula is C15H17F3N4O2S. The zero-order valence-corrected chi connectivity index (χ0v) is 14.0. The number of primary amides is 1. The molecule has 10 heteroatoms. The lowest BCUT2D eigenvalue weighted by atomic mass is 9.95. The van der Waals surface area contributed by atoms with Gasteiger partial charge in [0.25, 0.3) is 0 Å². The highest BCUT2D eigenvalue weighted by molar-refractivity contribution is 8.03. The van der Waals surface area contributed by atoms with Gasteiger partial charge < -0.3 is 11.1 Å². The zero-order chi connectivity index (χ0) is 18.2. The number of rotatable bonds is 4. The molecule has 2 heterocycles. The molecule has 1 aliphatic heterocycles. The second kappa shape index (κ2) is 6.74. The molecule has 0 aromatic carbocycles. The number of thioether (sulfide) groups is 1. The predicted octanol–water partition coefficient (Wildman–Crippen LogP) is 1.58. The molecule has 2 aliphatic rings. The monoisotopic (exact) mass is 374 g/mol. The Morgan fingerprint density at radius 2 is 2.08 bits per heavy atom. The number of fused-ring (bicyclic) bond motifs is 1. The van der Waals surface area contributed by atoms with E-state index in [4.69, 9.17) is 5.73 Å². The molecule has 3 rings (SSSR count). The average molecular weight is 374 g/mol. The van der Waals surface area contributed by atoms with Crippen molar-refractivity contribution < 1.29 is 22.8 Å². The van der Waals surface area contributed by atoms with E-state index in [-0.39, 0.29) is 12.1 Å². The van der Waals surface area contributed by atoms with Crippen LogP contribution >= 0.6 is 11.8 Å². The summed E-state index contributed by atoms with van der Waals surface area (Å²) >= 11 is 1.23. The number of carbonyl (C=O) groups excluding carboxylic acids is 2. The normalized spacial score (nSPS) is 22.7. The Morgan fingerprint density at radius 1 is 1.36 bits per heavy atom. The molecule has 136 valence electrons. The standard InChI is InChI=1S/C15H17F3N4O2S/c16-15(17,18)12-8-3-1-2-4-10(8)22(21-12)7-11(23)20-14-9(13(19)24)5-6-25-14/h5-6,9,14H,1-4,7H2,(H2,19,24)(H,20,23). The topological polar surface area (TPSA) is 90.0 Å². The fourth-order valence-corrected chi connectivity index (χ4v) is 4.16. The van der Waals surface area contributed by atoms with Gasteiger partial charge in [0, 0.05) is 11.3 Å². The summed E-state index contributed by atoms with van der Waals surface area (Å²) in [5.41, 5.74) is 5.02. The summed E-state index contributed by atoms with van der Waals surface area (Å²) in [6, 6.07) is 0. The number of nitrogens with one attached hydrogen (secondary N) is 1. The summed E-state index contributed by atoms with van der Waals surface area (Å²) in [7, 11) is 0. The third kappa shape index (κ3) is 3.68. The van der Waals surface area contributed by atoms with Crippen molar-refractivity contribution in [3.63, 3.8) is 0 Å². The van der Waals surface area contributed by atoms with E-state index in [1.807, 2.05) is 0 Å². The molecule has 0 radical (unpaired) electrons. The fraction of sp³-hybridized carbons (Fsp3) is 0.533. The van der Waals surface area contributed by atoms with E-state index in [1.54, 1.807) is 11.5 Å². The first kappa shape index (κ1) is 17.8. The van der Waals surface area contributed by atoms with Crippen LogP contribution in [0, 0.1) is 5.92 Å². The lowest BCUT2D eigenvalue weighted by molar-refractivity contribution is -0.142. The van der Waals surface area contributed by atoms with E-state index in [2.05, 4.69) is 10.4 Å². The Labute approximate surface area is 146 Å². The quantitative estimate of drug-likeness (QED) is 0.837. The van der Waals surface area contributed by atoms with Crippen molar-refractivity contribution in [2.75, 3.05) is 0 Å². The predicted molar refractivity (Wildman–Crippen MR) is 85.2 cm³/mol. The number of amides is 2. The van der Waals surface area contributed by atoms with Crippen molar-refractivity contribution in [3.05, 3.63) is 28.4 Å². The molecular weight excluding hydrogens is 357 g/mol. The minimum atomic E-state index is -4.54. The van der Waals surface area contributed by atoms with Gasteiger partial charge in [-0.1, -0.05) is 6.08 Å². The number of nitrogens with two attached hydrogens (primary N) is 1. The van der Waals surface area contributed by atoms with Crippen LogP contribution in [-0.4, -0.2) is 27.0 Å². The van der Waals surface area contributed by atoms with Crippen molar-refractivity contribution in [2.24, 2.45) is 11.7 Å². The molecule has 0 saturated carbocycles. The van der Waals surface area contributed by atoms with E-state index in [1.165, 1.54) is 11.8 Å². The molecule has 1 aliphatic carbocycles. The average Bonchev–Trinajstić information content (AvgIpc) is 3.12. The minimum absolute atomic E-state index is 0.193. The van der Waals surface area contributed by atoms with Crippen molar-refractivity contribution in [1.29, 1.82) is 0 Å². The molecule has 25 heavy (non-hydrogen) atoms. The van der Waals surface area contributed by atoms with Crippen LogP contribution in [0.15, 0.2) is 11.5 Å². The number of nitrogens with zero attached hydrogens (tertiary/aromatic N) is 2. The minimum Gasteiger partial charge on any atom is -0.369 e. The lowest BCUT2D eigenvalue weighted by Gasteiger charge is -2.18. The highest BCUT2D eigenvalue weighted by atomic mass is 32.2. The van der Waals surface area contributed by atoms with Crippen LogP contribution in [0.1, 0.15) is 29.8 Å². The summed E-state index contributed by atoms with van der Waals surface area (Å²) < 4.78 is 40.6. The van der Waals surface area contributed by atoms with Crippen molar-refractivity contribution in [1.82, 2.24) is 15.1 Å². The molecule has 2 amide bonds. The Hall–Kier alpha value is -1.97. The fourth-order valence-electron chi connectivity index (χ4n) is 3.14. The van der Waals surface area contributed by atoms with E-state index < -0.39 is 35.0 Å². The second-order valence-electron chi connectivity index (χ2n) is 6.02. The van der Waals surface area contributed by atoms with Gasteiger partial charge in [-0.25, -0.2) is 0 Å².